The average Bonchev–Trinajstić information content (AvgIpc) is 3.01. The second kappa shape index (κ2) is 6.05. The normalized spacial score (nSPS) is 31.9. The molecule has 0 bridgehead atoms. The Labute approximate surface area is 131 Å². The van der Waals surface area contributed by atoms with Crippen molar-refractivity contribution >= 4 is 5.91 Å². The standard InChI is InChI=1S/C17H24N2O3/c20-17(18-14-1-2-14)7-16-15-3-5-19(9-13(15)11-22-16)8-12-4-6-21-10-12/h4,6,10,13-16H,1-3,5,7-9,11H2,(H,18,20)/t13-,15-,16+/m1/s1. The highest BCUT2D eigenvalue weighted by molar-refractivity contribution is 5.77. The lowest BCUT2D eigenvalue weighted by atomic mass is 9.83. The van der Waals surface area contributed by atoms with Crippen molar-refractivity contribution in [2.24, 2.45) is 11.8 Å². The lowest BCUT2D eigenvalue weighted by Gasteiger charge is -2.35. The maximum atomic E-state index is 12.0. The van der Waals surface area contributed by atoms with Gasteiger partial charge in [0.2, 0.25) is 5.91 Å². The molecule has 5 nitrogen and oxygen atoms in total. The minimum absolute atomic E-state index is 0.125. The molecule has 0 aromatic carbocycles. The molecule has 3 fully saturated rings. The van der Waals surface area contributed by atoms with Crippen LogP contribution in [0.3, 0.4) is 0 Å². The fourth-order valence-electron chi connectivity index (χ4n) is 3.85. The van der Waals surface area contributed by atoms with Crippen molar-refractivity contribution in [2.45, 2.75) is 44.4 Å². The Kier molecular flexibility index (Phi) is 3.92. The number of piperidine rings is 1. The van der Waals surface area contributed by atoms with Gasteiger partial charge in [0.05, 0.1) is 31.7 Å². The molecule has 120 valence electrons. The quantitative estimate of drug-likeness (QED) is 0.901. The summed E-state index contributed by atoms with van der Waals surface area (Å²) in [6, 6.07) is 2.48. The minimum Gasteiger partial charge on any atom is -0.472 e. The second-order valence-electron chi connectivity index (χ2n) is 7.00. The van der Waals surface area contributed by atoms with Gasteiger partial charge in [-0.1, -0.05) is 0 Å². The van der Waals surface area contributed by atoms with Gasteiger partial charge in [-0.05, 0) is 37.8 Å². The minimum atomic E-state index is 0.125. The molecule has 0 unspecified atom stereocenters. The van der Waals surface area contributed by atoms with E-state index in [1.807, 2.05) is 12.3 Å². The van der Waals surface area contributed by atoms with E-state index in [0.29, 0.717) is 24.3 Å². The van der Waals surface area contributed by atoms with Crippen molar-refractivity contribution < 1.29 is 13.9 Å². The molecule has 4 rings (SSSR count). The first kappa shape index (κ1) is 14.3. The molecule has 1 amide bonds. The smallest absolute Gasteiger partial charge is 0.222 e. The van der Waals surface area contributed by atoms with E-state index in [4.69, 9.17) is 9.15 Å². The highest BCUT2D eigenvalue weighted by Crippen LogP contribution is 2.36. The van der Waals surface area contributed by atoms with Gasteiger partial charge in [0.15, 0.2) is 0 Å². The summed E-state index contributed by atoms with van der Waals surface area (Å²) in [5.41, 5.74) is 1.23. The van der Waals surface area contributed by atoms with Crippen LogP contribution in [0, 0.1) is 11.8 Å². The number of nitrogens with one attached hydrogen (secondary N) is 1. The zero-order valence-corrected chi connectivity index (χ0v) is 12.9. The number of amides is 1. The SMILES string of the molecule is O=C(C[C@@H]1OC[C@H]2CN(Cc3ccoc3)CC[C@H]21)NC1CC1. The van der Waals surface area contributed by atoms with Crippen LogP contribution < -0.4 is 5.32 Å². The predicted molar refractivity (Wildman–Crippen MR) is 81.1 cm³/mol. The van der Waals surface area contributed by atoms with Crippen LogP contribution in [0.4, 0.5) is 0 Å². The Bertz CT molecular complexity index is 512. The third kappa shape index (κ3) is 3.20. The predicted octanol–water partition coefficient (Wildman–Crippen LogP) is 1.79. The van der Waals surface area contributed by atoms with Gasteiger partial charge in [0, 0.05) is 30.6 Å². The number of rotatable bonds is 5. The monoisotopic (exact) mass is 304 g/mol. The molecule has 3 heterocycles. The highest BCUT2D eigenvalue weighted by Gasteiger charge is 2.41. The van der Waals surface area contributed by atoms with Crippen molar-refractivity contribution in [3.8, 4) is 0 Å². The maximum Gasteiger partial charge on any atom is 0.222 e. The van der Waals surface area contributed by atoms with Crippen molar-refractivity contribution in [2.75, 3.05) is 19.7 Å². The van der Waals surface area contributed by atoms with Crippen LogP contribution in [0.2, 0.25) is 0 Å². The third-order valence-corrected chi connectivity index (χ3v) is 5.19. The number of carbonyl (C=O) groups is 1. The molecule has 1 aliphatic carbocycles. The van der Waals surface area contributed by atoms with Gasteiger partial charge in [-0.2, -0.15) is 0 Å². The zero-order valence-electron chi connectivity index (χ0n) is 12.9. The molecule has 22 heavy (non-hydrogen) atoms. The van der Waals surface area contributed by atoms with Crippen molar-refractivity contribution in [3.05, 3.63) is 24.2 Å². The van der Waals surface area contributed by atoms with Crippen LogP contribution in [0.1, 0.15) is 31.2 Å². The summed E-state index contributed by atoms with van der Waals surface area (Å²) in [5.74, 6) is 1.29. The molecule has 1 aromatic heterocycles. The van der Waals surface area contributed by atoms with Crippen molar-refractivity contribution in [3.63, 3.8) is 0 Å². The van der Waals surface area contributed by atoms with Gasteiger partial charge in [0.25, 0.3) is 0 Å². The van der Waals surface area contributed by atoms with Crippen LogP contribution in [-0.2, 0) is 16.1 Å². The summed E-state index contributed by atoms with van der Waals surface area (Å²) in [7, 11) is 0. The van der Waals surface area contributed by atoms with Crippen LogP contribution in [0.25, 0.3) is 0 Å². The molecule has 1 saturated carbocycles. The zero-order chi connectivity index (χ0) is 14.9. The van der Waals surface area contributed by atoms with E-state index in [0.717, 1.165) is 45.5 Å². The van der Waals surface area contributed by atoms with E-state index in [-0.39, 0.29) is 12.0 Å². The van der Waals surface area contributed by atoms with Gasteiger partial charge in [0.1, 0.15) is 0 Å². The summed E-state index contributed by atoms with van der Waals surface area (Å²) in [6.45, 7) is 3.90. The molecule has 0 spiro atoms. The second-order valence-corrected chi connectivity index (χ2v) is 7.00. The van der Waals surface area contributed by atoms with E-state index in [2.05, 4.69) is 10.2 Å². The molecule has 5 heteroatoms. The molecule has 0 radical (unpaired) electrons. The Morgan fingerprint density at radius 3 is 3.05 bits per heavy atom. The lowest BCUT2D eigenvalue weighted by molar-refractivity contribution is -0.123. The fourth-order valence-corrected chi connectivity index (χ4v) is 3.85. The number of fused-ring (bicyclic) bond motifs is 1. The van der Waals surface area contributed by atoms with E-state index in [1.165, 1.54) is 5.56 Å². The van der Waals surface area contributed by atoms with Gasteiger partial charge < -0.3 is 14.5 Å². The summed E-state index contributed by atoms with van der Waals surface area (Å²) < 4.78 is 11.1. The third-order valence-electron chi connectivity index (χ3n) is 5.19. The van der Waals surface area contributed by atoms with Crippen molar-refractivity contribution in [1.29, 1.82) is 0 Å². The van der Waals surface area contributed by atoms with Crippen LogP contribution in [0.5, 0.6) is 0 Å². The van der Waals surface area contributed by atoms with Gasteiger partial charge >= 0.3 is 0 Å². The number of furan rings is 1. The molecular weight excluding hydrogens is 280 g/mol. The number of ether oxygens (including phenoxy) is 1. The first-order valence-electron chi connectivity index (χ1n) is 8.42. The average molecular weight is 304 g/mol. The Morgan fingerprint density at radius 1 is 1.36 bits per heavy atom. The van der Waals surface area contributed by atoms with E-state index in [1.54, 1.807) is 6.26 Å². The van der Waals surface area contributed by atoms with Crippen LogP contribution in [-0.4, -0.2) is 42.6 Å². The fraction of sp³-hybridized carbons (Fsp3) is 0.706. The van der Waals surface area contributed by atoms with Crippen molar-refractivity contribution in [1.82, 2.24) is 10.2 Å². The van der Waals surface area contributed by atoms with Crippen LogP contribution >= 0.6 is 0 Å². The van der Waals surface area contributed by atoms with Gasteiger partial charge in [-0.25, -0.2) is 0 Å². The number of likely N-dealkylation sites (tertiary alicyclic amines) is 1. The Morgan fingerprint density at radius 2 is 2.27 bits per heavy atom. The largest absolute Gasteiger partial charge is 0.472 e. The van der Waals surface area contributed by atoms with Gasteiger partial charge in [-0.3, -0.25) is 9.69 Å². The molecular formula is C17H24N2O3. The molecule has 3 atom stereocenters. The topological polar surface area (TPSA) is 54.7 Å². The first-order valence-corrected chi connectivity index (χ1v) is 8.42. The Hall–Kier alpha value is -1.33. The molecule has 1 aromatic rings. The van der Waals surface area contributed by atoms with Crippen LogP contribution in [0.15, 0.2) is 23.0 Å². The molecule has 1 N–H and O–H groups in total. The van der Waals surface area contributed by atoms with E-state index < -0.39 is 0 Å². The summed E-state index contributed by atoms with van der Waals surface area (Å²) >= 11 is 0. The lowest BCUT2D eigenvalue weighted by Crippen LogP contribution is -2.42. The number of nitrogens with zero attached hydrogens (tertiary/aromatic N) is 1. The number of hydrogen-bond donors (Lipinski definition) is 1. The maximum absolute atomic E-state index is 12.0. The molecule has 2 saturated heterocycles. The Balaban J connectivity index is 1.28. The highest BCUT2D eigenvalue weighted by atomic mass is 16.5. The first-order chi connectivity index (χ1) is 10.8. The summed E-state index contributed by atoms with van der Waals surface area (Å²) in [6.07, 6.45) is 7.64. The number of carbonyl (C=O) groups excluding carboxylic acids is 1. The van der Waals surface area contributed by atoms with Gasteiger partial charge in [-0.15, -0.1) is 0 Å². The molecule has 2 aliphatic heterocycles. The number of hydrogen-bond acceptors (Lipinski definition) is 4. The van der Waals surface area contributed by atoms with E-state index in [9.17, 15) is 4.79 Å². The van der Waals surface area contributed by atoms with E-state index >= 15 is 0 Å². The molecule has 3 aliphatic rings. The summed E-state index contributed by atoms with van der Waals surface area (Å²) in [5, 5.41) is 3.07. The summed E-state index contributed by atoms with van der Waals surface area (Å²) in [4.78, 5) is 14.5.